The summed E-state index contributed by atoms with van der Waals surface area (Å²) in [6, 6.07) is 4.73. The van der Waals surface area contributed by atoms with Gasteiger partial charge in [0.15, 0.2) is 0 Å². The second-order valence-electron chi connectivity index (χ2n) is 3.66. The molecule has 2 aromatic rings. The molecule has 5 heteroatoms. The SMILES string of the molecule is Cc1cc(C(O)c2ccc(Br)c(Cl)c2F)co1. The van der Waals surface area contributed by atoms with Gasteiger partial charge in [0.25, 0.3) is 0 Å². The van der Waals surface area contributed by atoms with Crippen molar-refractivity contribution in [1.82, 2.24) is 0 Å². The Bertz CT molecular complexity index is 553. The lowest BCUT2D eigenvalue weighted by Gasteiger charge is -2.11. The van der Waals surface area contributed by atoms with Crippen molar-refractivity contribution in [2.24, 2.45) is 0 Å². The maximum Gasteiger partial charge on any atom is 0.149 e. The van der Waals surface area contributed by atoms with Crippen molar-refractivity contribution < 1.29 is 13.9 Å². The van der Waals surface area contributed by atoms with Crippen molar-refractivity contribution in [2.75, 3.05) is 0 Å². The first-order valence-electron chi connectivity index (χ1n) is 4.87. The number of rotatable bonds is 2. The molecule has 0 spiro atoms. The highest BCUT2D eigenvalue weighted by Crippen LogP contribution is 2.33. The van der Waals surface area contributed by atoms with Crippen LogP contribution < -0.4 is 0 Å². The molecule has 1 unspecified atom stereocenters. The highest BCUT2D eigenvalue weighted by atomic mass is 79.9. The summed E-state index contributed by atoms with van der Waals surface area (Å²) >= 11 is 8.88. The minimum atomic E-state index is -1.09. The number of hydrogen-bond donors (Lipinski definition) is 1. The van der Waals surface area contributed by atoms with E-state index in [2.05, 4.69) is 15.9 Å². The molecule has 0 amide bonds. The molecular weight excluding hydrogens is 310 g/mol. The summed E-state index contributed by atoms with van der Waals surface area (Å²) in [6.45, 7) is 1.75. The molecule has 1 N–H and O–H groups in total. The van der Waals surface area contributed by atoms with Gasteiger partial charge >= 0.3 is 0 Å². The van der Waals surface area contributed by atoms with E-state index in [4.69, 9.17) is 16.0 Å². The van der Waals surface area contributed by atoms with Crippen molar-refractivity contribution in [2.45, 2.75) is 13.0 Å². The quantitative estimate of drug-likeness (QED) is 0.841. The summed E-state index contributed by atoms with van der Waals surface area (Å²) in [5, 5.41) is 9.99. The van der Waals surface area contributed by atoms with Gasteiger partial charge in [-0.3, -0.25) is 0 Å². The van der Waals surface area contributed by atoms with Gasteiger partial charge in [-0.2, -0.15) is 0 Å². The van der Waals surface area contributed by atoms with Gasteiger partial charge in [-0.15, -0.1) is 0 Å². The third-order valence-electron chi connectivity index (χ3n) is 2.43. The molecular formula is C12H9BrClFO2. The molecule has 17 heavy (non-hydrogen) atoms. The molecule has 0 aliphatic heterocycles. The van der Waals surface area contributed by atoms with Gasteiger partial charge in [-0.25, -0.2) is 4.39 Å². The summed E-state index contributed by atoms with van der Waals surface area (Å²) in [7, 11) is 0. The van der Waals surface area contributed by atoms with Crippen LogP contribution in [0.3, 0.4) is 0 Å². The van der Waals surface area contributed by atoms with Gasteiger partial charge in [-0.1, -0.05) is 17.7 Å². The summed E-state index contributed by atoms with van der Waals surface area (Å²) in [5.41, 5.74) is 0.624. The van der Waals surface area contributed by atoms with Gasteiger partial charge < -0.3 is 9.52 Å². The zero-order valence-corrected chi connectivity index (χ0v) is 11.2. The molecule has 2 rings (SSSR count). The topological polar surface area (TPSA) is 33.4 Å². The van der Waals surface area contributed by atoms with E-state index in [1.54, 1.807) is 19.1 Å². The Morgan fingerprint density at radius 1 is 1.47 bits per heavy atom. The minimum absolute atomic E-state index is 0.0400. The Hall–Kier alpha value is -0.840. The van der Waals surface area contributed by atoms with Crippen LogP contribution in [0, 0.1) is 12.7 Å². The fourth-order valence-corrected chi connectivity index (χ4v) is 2.02. The van der Waals surface area contributed by atoms with E-state index in [9.17, 15) is 9.50 Å². The fourth-order valence-electron chi connectivity index (χ4n) is 1.54. The predicted octanol–water partition coefficient (Wildman–Crippen LogP) is 4.22. The maximum absolute atomic E-state index is 13.9. The van der Waals surface area contributed by atoms with E-state index in [1.165, 1.54) is 12.3 Å². The molecule has 1 heterocycles. The Morgan fingerprint density at radius 3 is 2.76 bits per heavy atom. The Balaban J connectivity index is 2.44. The average Bonchev–Trinajstić information content (AvgIpc) is 2.72. The van der Waals surface area contributed by atoms with Gasteiger partial charge in [0.2, 0.25) is 0 Å². The maximum atomic E-state index is 13.9. The van der Waals surface area contributed by atoms with Crippen LogP contribution in [0.1, 0.15) is 23.0 Å². The highest BCUT2D eigenvalue weighted by molar-refractivity contribution is 9.10. The molecule has 1 aromatic heterocycles. The number of aliphatic hydroxyl groups excluding tert-OH is 1. The van der Waals surface area contributed by atoms with Gasteiger partial charge in [0.05, 0.1) is 11.3 Å². The smallest absolute Gasteiger partial charge is 0.149 e. The van der Waals surface area contributed by atoms with E-state index in [-0.39, 0.29) is 10.6 Å². The van der Waals surface area contributed by atoms with Crippen LogP contribution in [-0.2, 0) is 0 Å². The van der Waals surface area contributed by atoms with Crippen molar-refractivity contribution in [3.05, 3.63) is 56.7 Å². The Kier molecular flexibility index (Phi) is 3.56. The van der Waals surface area contributed by atoms with Crippen LogP contribution in [0.5, 0.6) is 0 Å². The largest absolute Gasteiger partial charge is 0.469 e. The van der Waals surface area contributed by atoms with Crippen LogP contribution in [0.15, 0.2) is 33.4 Å². The lowest BCUT2D eigenvalue weighted by molar-refractivity contribution is 0.214. The van der Waals surface area contributed by atoms with Gasteiger partial charge in [0, 0.05) is 15.6 Å². The number of aryl methyl sites for hydroxylation is 1. The number of benzene rings is 1. The Morgan fingerprint density at radius 2 is 2.18 bits per heavy atom. The number of halogens is 3. The van der Waals surface area contributed by atoms with E-state index in [0.717, 1.165) is 0 Å². The molecule has 0 aliphatic rings. The second kappa shape index (κ2) is 4.80. The normalized spacial score (nSPS) is 12.8. The molecule has 0 aliphatic carbocycles. The summed E-state index contributed by atoms with van der Waals surface area (Å²) in [6.07, 6.45) is 0.313. The van der Waals surface area contributed by atoms with Gasteiger partial charge in [-0.05, 0) is 35.0 Å². The van der Waals surface area contributed by atoms with Crippen molar-refractivity contribution in [3.8, 4) is 0 Å². The van der Waals surface area contributed by atoms with E-state index >= 15 is 0 Å². The van der Waals surface area contributed by atoms with Crippen molar-refractivity contribution in [3.63, 3.8) is 0 Å². The second-order valence-corrected chi connectivity index (χ2v) is 4.89. The van der Waals surface area contributed by atoms with Crippen LogP contribution in [0.4, 0.5) is 4.39 Å². The van der Waals surface area contributed by atoms with Crippen LogP contribution in [0.2, 0.25) is 5.02 Å². The molecule has 0 radical (unpaired) electrons. The highest BCUT2D eigenvalue weighted by Gasteiger charge is 2.19. The first kappa shape index (κ1) is 12.6. The predicted molar refractivity (Wildman–Crippen MR) is 66.6 cm³/mol. The summed E-state index contributed by atoms with van der Waals surface area (Å²) in [5.74, 6) is 0.0232. The number of hydrogen-bond acceptors (Lipinski definition) is 2. The first-order chi connectivity index (χ1) is 8.00. The molecule has 0 fully saturated rings. The van der Waals surface area contributed by atoms with E-state index in [1.807, 2.05) is 0 Å². The molecule has 2 nitrogen and oxygen atoms in total. The molecule has 1 atom stereocenters. The molecule has 0 bridgehead atoms. The fraction of sp³-hybridized carbons (Fsp3) is 0.167. The van der Waals surface area contributed by atoms with Crippen LogP contribution in [-0.4, -0.2) is 5.11 Å². The zero-order chi connectivity index (χ0) is 12.6. The standard InChI is InChI=1S/C12H9BrClFO2/c1-6-4-7(5-17-6)12(16)8-2-3-9(13)10(14)11(8)15/h2-5,12,16H,1H3. The van der Waals surface area contributed by atoms with E-state index < -0.39 is 11.9 Å². The number of furan rings is 1. The van der Waals surface area contributed by atoms with Crippen molar-refractivity contribution in [1.29, 1.82) is 0 Å². The Labute approximate surface area is 111 Å². The van der Waals surface area contributed by atoms with Crippen LogP contribution in [0.25, 0.3) is 0 Å². The van der Waals surface area contributed by atoms with Gasteiger partial charge in [0.1, 0.15) is 17.7 Å². The zero-order valence-electron chi connectivity index (χ0n) is 8.88. The first-order valence-corrected chi connectivity index (χ1v) is 6.04. The van der Waals surface area contributed by atoms with Crippen molar-refractivity contribution >= 4 is 27.5 Å². The third kappa shape index (κ3) is 2.39. The average molecular weight is 320 g/mol. The molecule has 1 aromatic carbocycles. The molecule has 90 valence electrons. The summed E-state index contributed by atoms with van der Waals surface area (Å²) in [4.78, 5) is 0. The van der Waals surface area contributed by atoms with E-state index in [0.29, 0.717) is 15.8 Å². The monoisotopic (exact) mass is 318 g/mol. The van der Waals surface area contributed by atoms with Crippen LogP contribution >= 0.6 is 27.5 Å². The minimum Gasteiger partial charge on any atom is -0.469 e. The third-order valence-corrected chi connectivity index (χ3v) is 3.68. The summed E-state index contributed by atoms with van der Waals surface area (Å²) < 4.78 is 19.4. The lowest BCUT2D eigenvalue weighted by Crippen LogP contribution is -2.02. The molecule has 0 saturated heterocycles. The molecule has 0 saturated carbocycles. The number of aliphatic hydroxyl groups is 1. The lowest BCUT2D eigenvalue weighted by atomic mass is 10.0.